The van der Waals surface area contributed by atoms with Crippen molar-refractivity contribution in [2.45, 2.75) is 33.1 Å². The van der Waals surface area contributed by atoms with E-state index in [9.17, 15) is 0 Å². The maximum Gasteiger partial charge on any atom is 0.0970 e. The van der Waals surface area contributed by atoms with Crippen LogP contribution in [0.3, 0.4) is 0 Å². The fourth-order valence-electron chi connectivity index (χ4n) is 1.62. The van der Waals surface area contributed by atoms with E-state index < -0.39 is 0 Å². The van der Waals surface area contributed by atoms with Crippen LogP contribution in [0.15, 0.2) is 4.99 Å². The van der Waals surface area contributed by atoms with E-state index in [0.717, 1.165) is 12.4 Å². The third kappa shape index (κ3) is 2.21. The van der Waals surface area contributed by atoms with Crippen molar-refractivity contribution in [3.05, 3.63) is 0 Å². The standard InChI is InChI=1S/C9H18N2/c1-7(2)8-5-3-4-6-11-9(8)10/h7-8H,3-6H2,1-2H3,(H2,10,11). The Bertz CT molecular complexity index is 150. The molecule has 2 nitrogen and oxygen atoms in total. The predicted octanol–water partition coefficient (Wildman–Crippen LogP) is 1.80. The molecule has 0 aromatic carbocycles. The van der Waals surface area contributed by atoms with Gasteiger partial charge in [0.05, 0.1) is 5.84 Å². The van der Waals surface area contributed by atoms with Gasteiger partial charge in [-0.2, -0.15) is 0 Å². The molecule has 2 N–H and O–H groups in total. The highest BCUT2D eigenvalue weighted by Gasteiger charge is 2.18. The molecule has 0 aromatic rings. The molecule has 0 saturated heterocycles. The van der Waals surface area contributed by atoms with Crippen LogP contribution in [0.1, 0.15) is 33.1 Å². The van der Waals surface area contributed by atoms with Crippen molar-refractivity contribution in [2.75, 3.05) is 6.54 Å². The van der Waals surface area contributed by atoms with Gasteiger partial charge in [-0.15, -0.1) is 0 Å². The topological polar surface area (TPSA) is 38.4 Å². The number of hydrogen-bond acceptors (Lipinski definition) is 2. The van der Waals surface area contributed by atoms with Crippen LogP contribution in [0.2, 0.25) is 0 Å². The Morgan fingerprint density at radius 1 is 1.45 bits per heavy atom. The van der Waals surface area contributed by atoms with Gasteiger partial charge in [-0.25, -0.2) is 0 Å². The third-order valence-corrected chi connectivity index (χ3v) is 2.40. The normalized spacial score (nSPS) is 26.5. The van der Waals surface area contributed by atoms with Crippen molar-refractivity contribution in [3.8, 4) is 0 Å². The molecule has 2 heteroatoms. The van der Waals surface area contributed by atoms with Crippen LogP contribution < -0.4 is 5.73 Å². The Morgan fingerprint density at radius 3 is 2.82 bits per heavy atom. The maximum atomic E-state index is 5.83. The summed E-state index contributed by atoms with van der Waals surface area (Å²) in [6.45, 7) is 5.38. The quantitative estimate of drug-likeness (QED) is 0.614. The molecule has 1 atom stereocenters. The van der Waals surface area contributed by atoms with Gasteiger partial charge in [0.15, 0.2) is 0 Å². The van der Waals surface area contributed by atoms with Crippen LogP contribution in [-0.4, -0.2) is 12.4 Å². The zero-order chi connectivity index (χ0) is 8.27. The fraction of sp³-hybridized carbons (Fsp3) is 0.889. The minimum Gasteiger partial charge on any atom is -0.387 e. The Labute approximate surface area is 68.9 Å². The number of aliphatic imine (C=N–C) groups is 1. The lowest BCUT2D eigenvalue weighted by Crippen LogP contribution is -2.27. The lowest BCUT2D eigenvalue weighted by molar-refractivity contribution is 0.452. The van der Waals surface area contributed by atoms with E-state index in [-0.39, 0.29) is 0 Å². The van der Waals surface area contributed by atoms with Crippen LogP contribution in [0, 0.1) is 11.8 Å². The molecular weight excluding hydrogens is 136 g/mol. The SMILES string of the molecule is CC(C)C1CCCCN=C1N. The van der Waals surface area contributed by atoms with Gasteiger partial charge in [0.25, 0.3) is 0 Å². The van der Waals surface area contributed by atoms with Crippen LogP contribution in [0.5, 0.6) is 0 Å². The monoisotopic (exact) mass is 154 g/mol. The molecule has 11 heavy (non-hydrogen) atoms. The molecule has 1 rings (SSSR count). The zero-order valence-electron chi connectivity index (χ0n) is 7.51. The molecule has 1 unspecified atom stereocenters. The van der Waals surface area contributed by atoms with Gasteiger partial charge < -0.3 is 5.73 Å². The Morgan fingerprint density at radius 2 is 2.18 bits per heavy atom. The lowest BCUT2D eigenvalue weighted by atomic mass is 9.90. The van der Waals surface area contributed by atoms with Gasteiger partial charge in [0, 0.05) is 12.5 Å². The van der Waals surface area contributed by atoms with E-state index >= 15 is 0 Å². The fourth-order valence-corrected chi connectivity index (χ4v) is 1.62. The molecule has 0 fully saturated rings. The highest BCUT2D eigenvalue weighted by molar-refractivity contribution is 5.83. The van der Waals surface area contributed by atoms with Gasteiger partial charge in [-0.3, -0.25) is 4.99 Å². The second-order valence-electron chi connectivity index (χ2n) is 3.65. The summed E-state index contributed by atoms with van der Waals surface area (Å²) in [7, 11) is 0. The first-order valence-electron chi connectivity index (χ1n) is 4.51. The summed E-state index contributed by atoms with van der Waals surface area (Å²) in [6, 6.07) is 0. The lowest BCUT2D eigenvalue weighted by Gasteiger charge is -2.17. The van der Waals surface area contributed by atoms with Crippen LogP contribution in [-0.2, 0) is 0 Å². The molecule has 0 aliphatic carbocycles. The van der Waals surface area contributed by atoms with Crippen molar-refractivity contribution < 1.29 is 0 Å². The molecule has 1 aliphatic rings. The Hall–Kier alpha value is -0.530. The molecule has 0 amide bonds. The summed E-state index contributed by atoms with van der Waals surface area (Å²) < 4.78 is 0. The molecule has 0 aromatic heterocycles. The van der Waals surface area contributed by atoms with E-state index in [1.165, 1.54) is 19.3 Å². The van der Waals surface area contributed by atoms with Gasteiger partial charge in [0.2, 0.25) is 0 Å². The molecule has 1 aliphatic heterocycles. The largest absolute Gasteiger partial charge is 0.387 e. The number of hydrogen-bond donors (Lipinski definition) is 1. The smallest absolute Gasteiger partial charge is 0.0970 e. The molecule has 1 heterocycles. The van der Waals surface area contributed by atoms with E-state index in [0.29, 0.717) is 11.8 Å². The summed E-state index contributed by atoms with van der Waals surface area (Å²) in [6.07, 6.45) is 3.73. The Kier molecular flexibility index (Phi) is 2.92. The van der Waals surface area contributed by atoms with Crippen LogP contribution >= 0.6 is 0 Å². The second kappa shape index (κ2) is 3.74. The second-order valence-corrected chi connectivity index (χ2v) is 3.65. The molecule has 0 saturated carbocycles. The first-order valence-corrected chi connectivity index (χ1v) is 4.51. The van der Waals surface area contributed by atoms with Crippen molar-refractivity contribution in [1.82, 2.24) is 0 Å². The first-order chi connectivity index (χ1) is 5.22. The number of nitrogens with zero attached hydrogens (tertiary/aromatic N) is 1. The van der Waals surface area contributed by atoms with Crippen LogP contribution in [0.25, 0.3) is 0 Å². The summed E-state index contributed by atoms with van der Waals surface area (Å²) >= 11 is 0. The Balaban J connectivity index is 2.60. The number of nitrogens with two attached hydrogens (primary N) is 1. The summed E-state index contributed by atoms with van der Waals surface area (Å²) in [5.74, 6) is 2.08. The van der Waals surface area contributed by atoms with Crippen LogP contribution in [0.4, 0.5) is 0 Å². The number of rotatable bonds is 1. The third-order valence-electron chi connectivity index (χ3n) is 2.40. The average molecular weight is 154 g/mol. The van der Waals surface area contributed by atoms with Crippen molar-refractivity contribution in [1.29, 1.82) is 0 Å². The first kappa shape index (κ1) is 8.57. The summed E-state index contributed by atoms with van der Waals surface area (Å²) in [5.41, 5.74) is 5.83. The molecule has 0 spiro atoms. The maximum absolute atomic E-state index is 5.83. The van der Waals surface area contributed by atoms with Crippen molar-refractivity contribution >= 4 is 5.84 Å². The van der Waals surface area contributed by atoms with Gasteiger partial charge in [0.1, 0.15) is 0 Å². The molecular formula is C9H18N2. The summed E-state index contributed by atoms with van der Waals surface area (Å²) in [5, 5.41) is 0. The molecule has 0 radical (unpaired) electrons. The van der Waals surface area contributed by atoms with Gasteiger partial charge in [-0.05, 0) is 18.8 Å². The van der Waals surface area contributed by atoms with Crippen molar-refractivity contribution in [2.24, 2.45) is 22.6 Å². The van der Waals surface area contributed by atoms with E-state index in [1.54, 1.807) is 0 Å². The summed E-state index contributed by atoms with van der Waals surface area (Å²) in [4.78, 5) is 4.32. The predicted molar refractivity (Wildman–Crippen MR) is 48.7 cm³/mol. The highest BCUT2D eigenvalue weighted by atomic mass is 14.9. The molecule has 64 valence electrons. The highest BCUT2D eigenvalue weighted by Crippen LogP contribution is 2.20. The van der Waals surface area contributed by atoms with E-state index in [4.69, 9.17) is 5.73 Å². The van der Waals surface area contributed by atoms with Gasteiger partial charge >= 0.3 is 0 Å². The van der Waals surface area contributed by atoms with Crippen molar-refractivity contribution in [3.63, 3.8) is 0 Å². The van der Waals surface area contributed by atoms with E-state index in [2.05, 4.69) is 18.8 Å². The minimum atomic E-state index is 0.539. The molecule has 0 bridgehead atoms. The zero-order valence-corrected chi connectivity index (χ0v) is 7.51. The van der Waals surface area contributed by atoms with Gasteiger partial charge in [-0.1, -0.05) is 20.3 Å². The minimum absolute atomic E-state index is 0.539. The number of amidine groups is 1. The van der Waals surface area contributed by atoms with E-state index in [1.807, 2.05) is 0 Å². The average Bonchev–Trinajstić information content (AvgIpc) is 2.13.